The number of hydrogen-bond donors (Lipinski definition) is 1. The average molecular weight is 265 g/mol. The molecule has 96 valence electrons. The zero-order chi connectivity index (χ0) is 12.5. The number of morpholine rings is 1. The van der Waals surface area contributed by atoms with Gasteiger partial charge in [0.25, 0.3) is 5.56 Å². The first-order chi connectivity index (χ1) is 8.74. The summed E-state index contributed by atoms with van der Waals surface area (Å²) < 4.78 is 5.30. The molecule has 1 N–H and O–H groups in total. The molecule has 0 spiro atoms. The molecule has 0 aromatic carbocycles. The van der Waals surface area contributed by atoms with E-state index in [9.17, 15) is 4.79 Å². The van der Waals surface area contributed by atoms with Crippen LogP contribution in [0.4, 0.5) is 0 Å². The Labute approximate surface area is 108 Å². The van der Waals surface area contributed by atoms with Gasteiger partial charge in [-0.15, -0.1) is 11.3 Å². The van der Waals surface area contributed by atoms with E-state index in [2.05, 4.69) is 14.9 Å². The number of aromatic amines is 1. The fourth-order valence-electron chi connectivity index (χ4n) is 2.18. The number of ether oxygens (including phenoxy) is 1. The van der Waals surface area contributed by atoms with Crippen LogP contribution in [0.25, 0.3) is 10.2 Å². The molecular formula is C12H15N3O2S. The van der Waals surface area contributed by atoms with E-state index in [1.807, 2.05) is 12.3 Å². The van der Waals surface area contributed by atoms with E-state index in [1.54, 1.807) is 0 Å². The summed E-state index contributed by atoms with van der Waals surface area (Å²) >= 11 is 1.53. The Morgan fingerprint density at radius 3 is 3.06 bits per heavy atom. The first kappa shape index (κ1) is 11.8. The number of rotatable bonds is 2. The summed E-state index contributed by atoms with van der Waals surface area (Å²) in [4.78, 5) is 22.5. The van der Waals surface area contributed by atoms with Crippen molar-refractivity contribution in [3.05, 3.63) is 27.1 Å². The highest BCUT2D eigenvalue weighted by molar-refractivity contribution is 7.16. The standard InChI is InChI=1S/C12H15N3O2S/c1-8-7-18-12-10(8)11(16)13-9(14-12)6-15-2-4-17-5-3-15/h7H,2-6H2,1H3,(H,13,14,16). The van der Waals surface area contributed by atoms with E-state index in [-0.39, 0.29) is 5.56 Å². The summed E-state index contributed by atoms with van der Waals surface area (Å²) in [7, 11) is 0. The number of nitrogens with one attached hydrogen (secondary N) is 1. The monoisotopic (exact) mass is 265 g/mol. The highest BCUT2D eigenvalue weighted by Gasteiger charge is 2.14. The third kappa shape index (κ3) is 2.19. The summed E-state index contributed by atoms with van der Waals surface area (Å²) in [5, 5.41) is 2.71. The number of aromatic nitrogens is 2. The van der Waals surface area contributed by atoms with E-state index >= 15 is 0 Å². The molecule has 18 heavy (non-hydrogen) atoms. The van der Waals surface area contributed by atoms with Gasteiger partial charge in [-0.25, -0.2) is 4.98 Å². The largest absolute Gasteiger partial charge is 0.379 e. The van der Waals surface area contributed by atoms with E-state index in [0.29, 0.717) is 6.54 Å². The van der Waals surface area contributed by atoms with Gasteiger partial charge < -0.3 is 9.72 Å². The van der Waals surface area contributed by atoms with Crippen molar-refractivity contribution in [1.29, 1.82) is 0 Å². The summed E-state index contributed by atoms with van der Waals surface area (Å²) in [5.41, 5.74) is 0.976. The minimum Gasteiger partial charge on any atom is -0.379 e. The minimum atomic E-state index is -0.0259. The van der Waals surface area contributed by atoms with Gasteiger partial charge in [0.05, 0.1) is 25.1 Å². The number of nitrogens with zero attached hydrogens (tertiary/aromatic N) is 2. The maximum absolute atomic E-state index is 12.0. The van der Waals surface area contributed by atoms with Crippen molar-refractivity contribution in [3.8, 4) is 0 Å². The normalized spacial score (nSPS) is 17.4. The molecule has 5 nitrogen and oxygen atoms in total. The van der Waals surface area contributed by atoms with Gasteiger partial charge in [0.2, 0.25) is 0 Å². The molecule has 0 bridgehead atoms. The van der Waals surface area contributed by atoms with Gasteiger partial charge in [-0.3, -0.25) is 9.69 Å². The van der Waals surface area contributed by atoms with Crippen molar-refractivity contribution >= 4 is 21.6 Å². The molecule has 0 amide bonds. The van der Waals surface area contributed by atoms with Crippen LogP contribution in [-0.2, 0) is 11.3 Å². The van der Waals surface area contributed by atoms with Crippen molar-refractivity contribution in [3.63, 3.8) is 0 Å². The van der Waals surface area contributed by atoms with E-state index in [1.165, 1.54) is 11.3 Å². The van der Waals surface area contributed by atoms with Crippen LogP contribution in [0.3, 0.4) is 0 Å². The minimum absolute atomic E-state index is 0.0259. The van der Waals surface area contributed by atoms with Crippen molar-refractivity contribution in [2.45, 2.75) is 13.5 Å². The molecule has 3 heterocycles. The van der Waals surface area contributed by atoms with Gasteiger partial charge in [0.15, 0.2) is 0 Å². The lowest BCUT2D eigenvalue weighted by Crippen LogP contribution is -2.36. The van der Waals surface area contributed by atoms with Crippen molar-refractivity contribution in [2.75, 3.05) is 26.3 Å². The van der Waals surface area contributed by atoms with Crippen LogP contribution >= 0.6 is 11.3 Å². The molecule has 0 saturated carbocycles. The molecule has 0 aliphatic carbocycles. The van der Waals surface area contributed by atoms with Gasteiger partial charge in [-0.1, -0.05) is 0 Å². The Hall–Kier alpha value is -1.24. The fourth-order valence-corrected chi connectivity index (χ4v) is 3.12. The molecule has 1 aliphatic rings. The molecule has 2 aromatic rings. The van der Waals surface area contributed by atoms with Crippen LogP contribution in [0.2, 0.25) is 0 Å². The quantitative estimate of drug-likeness (QED) is 0.884. The molecule has 1 aliphatic heterocycles. The van der Waals surface area contributed by atoms with Crippen molar-refractivity contribution in [1.82, 2.24) is 14.9 Å². The van der Waals surface area contributed by atoms with Crippen LogP contribution in [0.15, 0.2) is 10.2 Å². The third-order valence-corrected chi connectivity index (χ3v) is 4.14. The Morgan fingerprint density at radius 2 is 2.28 bits per heavy atom. The Kier molecular flexibility index (Phi) is 3.15. The number of thiophene rings is 1. The lowest BCUT2D eigenvalue weighted by atomic mass is 10.3. The van der Waals surface area contributed by atoms with Gasteiger partial charge in [0.1, 0.15) is 10.7 Å². The van der Waals surface area contributed by atoms with Crippen LogP contribution in [0.1, 0.15) is 11.4 Å². The second-order valence-electron chi connectivity index (χ2n) is 4.50. The highest BCUT2D eigenvalue weighted by atomic mass is 32.1. The summed E-state index contributed by atoms with van der Waals surface area (Å²) in [6, 6.07) is 0. The van der Waals surface area contributed by atoms with E-state index in [4.69, 9.17) is 4.74 Å². The highest BCUT2D eigenvalue weighted by Crippen LogP contribution is 2.19. The van der Waals surface area contributed by atoms with Crippen LogP contribution in [-0.4, -0.2) is 41.2 Å². The first-order valence-corrected chi connectivity index (χ1v) is 6.89. The SMILES string of the molecule is Cc1csc2nc(CN3CCOCC3)[nH]c(=O)c12. The van der Waals surface area contributed by atoms with Gasteiger partial charge in [0, 0.05) is 13.1 Å². The van der Waals surface area contributed by atoms with E-state index in [0.717, 1.165) is 47.9 Å². The van der Waals surface area contributed by atoms with Crippen molar-refractivity contribution < 1.29 is 4.74 Å². The number of aryl methyl sites for hydroxylation is 1. The van der Waals surface area contributed by atoms with Gasteiger partial charge in [-0.2, -0.15) is 0 Å². The zero-order valence-corrected chi connectivity index (χ0v) is 11.0. The van der Waals surface area contributed by atoms with Crippen LogP contribution < -0.4 is 5.56 Å². The number of fused-ring (bicyclic) bond motifs is 1. The Balaban J connectivity index is 1.90. The maximum Gasteiger partial charge on any atom is 0.259 e. The van der Waals surface area contributed by atoms with Crippen LogP contribution in [0, 0.1) is 6.92 Å². The second kappa shape index (κ2) is 4.79. The second-order valence-corrected chi connectivity index (χ2v) is 5.36. The van der Waals surface area contributed by atoms with Gasteiger partial charge in [-0.05, 0) is 17.9 Å². The number of hydrogen-bond acceptors (Lipinski definition) is 5. The molecule has 2 aromatic heterocycles. The lowest BCUT2D eigenvalue weighted by Gasteiger charge is -2.25. The van der Waals surface area contributed by atoms with Crippen LogP contribution in [0.5, 0.6) is 0 Å². The first-order valence-electron chi connectivity index (χ1n) is 6.01. The molecule has 0 unspecified atom stereocenters. The molecule has 1 fully saturated rings. The lowest BCUT2D eigenvalue weighted by molar-refractivity contribution is 0.0331. The predicted molar refractivity (Wildman–Crippen MR) is 71.1 cm³/mol. The zero-order valence-electron chi connectivity index (χ0n) is 10.2. The molecule has 3 rings (SSSR count). The average Bonchev–Trinajstić information content (AvgIpc) is 2.72. The molecular weight excluding hydrogens is 250 g/mol. The molecule has 1 saturated heterocycles. The topological polar surface area (TPSA) is 58.2 Å². The maximum atomic E-state index is 12.0. The Bertz CT molecular complexity index is 613. The summed E-state index contributed by atoms with van der Waals surface area (Å²) in [5.74, 6) is 0.747. The molecule has 0 radical (unpaired) electrons. The number of H-pyrrole nitrogens is 1. The smallest absolute Gasteiger partial charge is 0.259 e. The van der Waals surface area contributed by atoms with E-state index < -0.39 is 0 Å². The predicted octanol–water partition coefficient (Wildman–Crippen LogP) is 1.13. The van der Waals surface area contributed by atoms with Gasteiger partial charge >= 0.3 is 0 Å². The molecule has 6 heteroatoms. The summed E-state index contributed by atoms with van der Waals surface area (Å²) in [6.45, 7) is 5.93. The third-order valence-electron chi connectivity index (χ3n) is 3.15. The molecule has 0 atom stereocenters. The summed E-state index contributed by atoms with van der Waals surface area (Å²) in [6.07, 6.45) is 0. The fraction of sp³-hybridized carbons (Fsp3) is 0.500. The Morgan fingerprint density at radius 1 is 1.50 bits per heavy atom. The van der Waals surface area contributed by atoms with Crippen molar-refractivity contribution in [2.24, 2.45) is 0 Å².